The molecular formula is C13H27N. The van der Waals surface area contributed by atoms with Gasteiger partial charge < -0.3 is 5.32 Å². The molecule has 0 aromatic heterocycles. The van der Waals surface area contributed by atoms with Crippen molar-refractivity contribution >= 4 is 0 Å². The maximum atomic E-state index is 3.71. The summed E-state index contributed by atoms with van der Waals surface area (Å²) in [5, 5.41) is 3.71. The monoisotopic (exact) mass is 197 g/mol. The molecule has 0 saturated heterocycles. The summed E-state index contributed by atoms with van der Waals surface area (Å²) < 4.78 is 0. The number of rotatable bonds is 7. The van der Waals surface area contributed by atoms with Gasteiger partial charge in [-0.05, 0) is 37.0 Å². The van der Waals surface area contributed by atoms with Crippen LogP contribution in [-0.4, -0.2) is 12.6 Å². The minimum atomic E-state index is 0.553. The molecule has 1 nitrogen and oxygen atoms in total. The van der Waals surface area contributed by atoms with Crippen LogP contribution in [0.1, 0.15) is 59.8 Å². The van der Waals surface area contributed by atoms with E-state index in [1.54, 1.807) is 0 Å². The fourth-order valence-corrected chi connectivity index (χ4v) is 2.44. The molecule has 84 valence electrons. The lowest BCUT2D eigenvalue weighted by atomic mass is 9.71. The van der Waals surface area contributed by atoms with E-state index in [0.717, 1.165) is 12.0 Å². The van der Waals surface area contributed by atoms with Gasteiger partial charge in [-0.3, -0.25) is 0 Å². The van der Waals surface area contributed by atoms with Gasteiger partial charge in [-0.15, -0.1) is 0 Å². The van der Waals surface area contributed by atoms with Crippen LogP contribution in [0.25, 0.3) is 0 Å². The lowest BCUT2D eigenvalue weighted by Crippen LogP contribution is -2.39. The molecule has 0 aromatic carbocycles. The van der Waals surface area contributed by atoms with Crippen LogP contribution < -0.4 is 5.32 Å². The third-order valence-electron chi connectivity index (χ3n) is 4.39. The first-order valence-corrected chi connectivity index (χ1v) is 6.41. The molecule has 1 aliphatic carbocycles. The third-order valence-corrected chi connectivity index (χ3v) is 4.39. The molecule has 0 spiro atoms. The zero-order chi connectivity index (χ0) is 10.6. The van der Waals surface area contributed by atoms with E-state index in [2.05, 4.69) is 33.0 Å². The van der Waals surface area contributed by atoms with Crippen molar-refractivity contribution in [2.45, 2.75) is 65.8 Å². The van der Waals surface area contributed by atoms with Gasteiger partial charge in [-0.2, -0.15) is 0 Å². The summed E-state index contributed by atoms with van der Waals surface area (Å²) in [6.07, 6.45) is 6.76. The van der Waals surface area contributed by atoms with Gasteiger partial charge in [0.25, 0.3) is 0 Å². The Morgan fingerprint density at radius 1 is 1.21 bits per heavy atom. The number of hydrogen-bond acceptors (Lipinski definition) is 1. The van der Waals surface area contributed by atoms with Crippen molar-refractivity contribution in [1.29, 1.82) is 0 Å². The summed E-state index contributed by atoms with van der Waals surface area (Å²) in [6, 6.07) is 0.858. The fraction of sp³-hybridized carbons (Fsp3) is 1.00. The van der Waals surface area contributed by atoms with E-state index in [4.69, 9.17) is 0 Å². The first-order chi connectivity index (χ1) is 6.68. The van der Waals surface area contributed by atoms with Gasteiger partial charge in [-0.1, -0.05) is 34.1 Å². The Balaban J connectivity index is 2.47. The van der Waals surface area contributed by atoms with Crippen LogP contribution in [0.4, 0.5) is 0 Å². The molecule has 1 heteroatoms. The molecule has 1 atom stereocenters. The van der Waals surface area contributed by atoms with Crippen molar-refractivity contribution in [3.05, 3.63) is 0 Å². The molecule has 1 aliphatic rings. The Morgan fingerprint density at radius 3 is 2.14 bits per heavy atom. The molecule has 14 heavy (non-hydrogen) atoms. The summed E-state index contributed by atoms with van der Waals surface area (Å²) in [5.41, 5.74) is 0.553. The van der Waals surface area contributed by atoms with E-state index in [-0.39, 0.29) is 0 Å². The molecule has 0 aliphatic heterocycles. The maximum absolute atomic E-state index is 3.71. The molecule has 0 radical (unpaired) electrons. The first-order valence-electron chi connectivity index (χ1n) is 6.41. The molecule has 1 N–H and O–H groups in total. The van der Waals surface area contributed by atoms with Gasteiger partial charge in [0.05, 0.1) is 0 Å². The summed E-state index contributed by atoms with van der Waals surface area (Å²) in [6.45, 7) is 10.7. The largest absolute Gasteiger partial charge is 0.313 e. The second-order valence-corrected chi connectivity index (χ2v) is 5.03. The first kappa shape index (κ1) is 12.0. The molecule has 1 saturated carbocycles. The van der Waals surface area contributed by atoms with E-state index in [9.17, 15) is 0 Å². The molecular weight excluding hydrogens is 170 g/mol. The highest BCUT2D eigenvalue weighted by molar-refractivity contribution is 4.88. The fourth-order valence-electron chi connectivity index (χ4n) is 2.44. The predicted molar refractivity (Wildman–Crippen MR) is 63.5 cm³/mol. The molecule has 0 aromatic rings. The van der Waals surface area contributed by atoms with Gasteiger partial charge in [-0.25, -0.2) is 0 Å². The Kier molecular flexibility index (Phi) is 4.43. The van der Waals surface area contributed by atoms with E-state index < -0.39 is 0 Å². The molecule has 0 amide bonds. The lowest BCUT2D eigenvalue weighted by molar-refractivity contribution is 0.146. The lowest BCUT2D eigenvalue weighted by Gasteiger charge is -2.38. The predicted octanol–water partition coefficient (Wildman–Crippen LogP) is 3.59. The summed E-state index contributed by atoms with van der Waals surface area (Å²) >= 11 is 0. The van der Waals surface area contributed by atoms with E-state index >= 15 is 0 Å². The van der Waals surface area contributed by atoms with Crippen molar-refractivity contribution in [3.63, 3.8) is 0 Å². The highest BCUT2D eigenvalue weighted by Crippen LogP contribution is 2.37. The summed E-state index contributed by atoms with van der Waals surface area (Å²) in [7, 11) is 0. The molecule has 1 unspecified atom stereocenters. The van der Waals surface area contributed by atoms with Gasteiger partial charge in [0.1, 0.15) is 0 Å². The second kappa shape index (κ2) is 5.16. The van der Waals surface area contributed by atoms with Gasteiger partial charge in [0, 0.05) is 12.6 Å². The van der Waals surface area contributed by atoms with Crippen LogP contribution in [0.3, 0.4) is 0 Å². The maximum Gasteiger partial charge on any atom is 0.00684 e. The van der Waals surface area contributed by atoms with E-state index in [1.807, 2.05) is 0 Å². The van der Waals surface area contributed by atoms with E-state index in [1.165, 1.54) is 38.6 Å². The van der Waals surface area contributed by atoms with Crippen molar-refractivity contribution in [2.75, 3.05) is 6.54 Å². The van der Waals surface area contributed by atoms with Crippen LogP contribution in [0.5, 0.6) is 0 Å². The highest BCUT2D eigenvalue weighted by atomic mass is 15.0. The Bertz CT molecular complexity index is 157. The van der Waals surface area contributed by atoms with Crippen LogP contribution in [0, 0.1) is 11.3 Å². The summed E-state index contributed by atoms with van der Waals surface area (Å²) in [5.74, 6) is 0.851. The zero-order valence-corrected chi connectivity index (χ0v) is 10.4. The Labute approximate surface area is 89.7 Å². The van der Waals surface area contributed by atoms with Gasteiger partial charge >= 0.3 is 0 Å². The summed E-state index contributed by atoms with van der Waals surface area (Å²) in [4.78, 5) is 0. The average Bonchev–Trinajstić information content (AvgIpc) is 3.03. The van der Waals surface area contributed by atoms with Crippen LogP contribution in [-0.2, 0) is 0 Å². The number of nitrogens with one attached hydrogen (secondary N) is 1. The molecule has 1 rings (SSSR count). The second-order valence-electron chi connectivity index (χ2n) is 5.03. The third kappa shape index (κ3) is 2.73. The Morgan fingerprint density at radius 2 is 1.79 bits per heavy atom. The average molecular weight is 197 g/mol. The van der Waals surface area contributed by atoms with E-state index in [0.29, 0.717) is 5.41 Å². The topological polar surface area (TPSA) is 12.0 Å². The van der Waals surface area contributed by atoms with Crippen molar-refractivity contribution in [1.82, 2.24) is 5.32 Å². The normalized spacial score (nSPS) is 19.7. The molecule has 1 fully saturated rings. The van der Waals surface area contributed by atoms with Crippen LogP contribution in [0.2, 0.25) is 0 Å². The highest BCUT2D eigenvalue weighted by Gasteiger charge is 2.33. The van der Waals surface area contributed by atoms with Crippen molar-refractivity contribution in [3.8, 4) is 0 Å². The minimum Gasteiger partial charge on any atom is -0.313 e. The smallest absolute Gasteiger partial charge is 0.00684 e. The van der Waals surface area contributed by atoms with Gasteiger partial charge in [0.2, 0.25) is 0 Å². The zero-order valence-electron chi connectivity index (χ0n) is 10.4. The number of hydrogen-bond donors (Lipinski definition) is 1. The Hall–Kier alpha value is -0.0400. The van der Waals surface area contributed by atoms with Crippen molar-refractivity contribution in [2.24, 2.45) is 11.3 Å². The molecule has 0 heterocycles. The SMILES string of the molecule is CCC(C)C(CC)(CC)CNC1CC1. The quantitative estimate of drug-likeness (QED) is 0.657. The van der Waals surface area contributed by atoms with Crippen LogP contribution >= 0.6 is 0 Å². The van der Waals surface area contributed by atoms with Crippen LogP contribution in [0.15, 0.2) is 0 Å². The molecule has 0 bridgehead atoms. The van der Waals surface area contributed by atoms with Crippen molar-refractivity contribution < 1.29 is 0 Å². The van der Waals surface area contributed by atoms with Gasteiger partial charge in [0.15, 0.2) is 0 Å². The standard InChI is InChI=1S/C13H27N/c1-5-11(4)13(6-2,7-3)10-14-12-8-9-12/h11-12,14H,5-10H2,1-4H3. The minimum absolute atomic E-state index is 0.553.